The second-order valence-corrected chi connectivity index (χ2v) is 33.0. The van der Waals surface area contributed by atoms with Gasteiger partial charge in [-0.05, 0) is 236 Å². The van der Waals surface area contributed by atoms with Gasteiger partial charge in [0.15, 0.2) is 17.5 Å². The predicted molar refractivity (Wildman–Crippen MR) is 510 cm³/mol. The number of ether oxygens (including phenoxy) is 10. The molecule has 3 aliphatic rings. The number of carbonyl (C=O) groups excluding carboxylic acids is 2. The molecule has 3 atom stereocenters. The summed E-state index contributed by atoms with van der Waals surface area (Å²) in [7, 11) is 9.88. The molecule has 0 bridgehead atoms. The lowest BCUT2D eigenvalue weighted by atomic mass is 9.93. The summed E-state index contributed by atoms with van der Waals surface area (Å²) in [6, 6.07) is 76.4. The number of para-hydroxylation sites is 3. The van der Waals surface area contributed by atoms with Crippen molar-refractivity contribution in [2.75, 3.05) is 97.9 Å². The van der Waals surface area contributed by atoms with Gasteiger partial charge in [0.1, 0.15) is 91.1 Å². The van der Waals surface area contributed by atoms with E-state index in [2.05, 4.69) is 33.9 Å². The fourth-order valence-electron chi connectivity index (χ4n) is 16.8. The van der Waals surface area contributed by atoms with E-state index in [-0.39, 0.29) is 23.8 Å². The Kier molecular flexibility index (Phi) is 28.5. The maximum absolute atomic E-state index is 13.0. The topological polar surface area (TPSA) is 273 Å². The number of aromatic nitrogens is 9. The lowest BCUT2D eigenvalue weighted by Gasteiger charge is -2.33. The Hall–Kier alpha value is -15.1. The zero-order valence-corrected chi connectivity index (χ0v) is 75.2. The Labute approximate surface area is 762 Å². The highest BCUT2D eigenvalue weighted by Crippen LogP contribution is 2.42. The summed E-state index contributed by atoms with van der Waals surface area (Å²) in [4.78, 5) is 43.5. The number of nitrogens with zero attached hydrogens (tertiary/aromatic N) is 11. The third kappa shape index (κ3) is 21.3. The number of amides is 2. The van der Waals surface area contributed by atoms with Crippen LogP contribution in [0.15, 0.2) is 268 Å². The van der Waals surface area contributed by atoms with Crippen LogP contribution in [0.1, 0.15) is 111 Å². The Morgan fingerprint density at radius 1 is 0.405 bits per heavy atom. The van der Waals surface area contributed by atoms with Crippen LogP contribution in [0.3, 0.4) is 0 Å². The van der Waals surface area contributed by atoms with Crippen LogP contribution in [-0.4, -0.2) is 154 Å². The summed E-state index contributed by atoms with van der Waals surface area (Å²) in [5.74, 6) is 11.5. The Morgan fingerprint density at radius 2 is 0.733 bits per heavy atom. The monoisotopic (exact) mass is 1760 g/mol. The standard InChI is InChI=1S/C37H41N5O5.C35H35N5O4.C32H33N5O3/c1-37(2,3)47-36(43)41-21-9-10-26(24-41)33-31-19-20-38-35(39-23-25-13-16-30(44-4)22-32(25)45-5)34(31)42(40-33)27-14-17-29(18-15-27)46-28-11-7-6-8-12-28;1-4-32(41)39-20-8-9-25(23-39)33-30-18-19-36-35(37-22-24-12-15-29(42-2)21-31(24)43-3)34(30)40(38-33)26-13-16-28(17-14-26)44-27-10-6-5-7-11-27;1-38-27-13-10-22(29(19-27)39-2)21-35-32-31-28(16-18-34-32)30(23-7-6-17-33-20-23)36-37(31)24-11-14-26(15-12-24)40-25-8-4-3-5-9-25/h6-8,11-20,22,26H,9-10,21,23-24H2,1-5H3,(H,38,39);4-7,10-19,21,25H,1,8-9,20,22-23H2,2-3H3,(H,36,37);3-5,8-16,18-19,23,33H,6-7,17,20-21H2,1-2H3,(H,34,35). The first-order chi connectivity index (χ1) is 64.0. The second kappa shape index (κ2) is 41.8. The van der Waals surface area contributed by atoms with Gasteiger partial charge in [-0.3, -0.25) is 4.79 Å². The molecule has 0 saturated carbocycles. The average Bonchev–Trinajstić information content (AvgIpc) is 1.60. The molecule has 3 aliphatic heterocycles. The molecule has 0 aliphatic carbocycles. The fraction of sp³-hybridized carbons (Fsp3) is 0.269. The number of hydrogen-bond donors (Lipinski definition) is 4. The summed E-state index contributed by atoms with van der Waals surface area (Å²) >= 11 is 0. The molecule has 2 amide bonds. The lowest BCUT2D eigenvalue weighted by molar-refractivity contribution is -0.127. The average molecular weight is 1760 g/mol. The minimum atomic E-state index is -0.562. The number of likely N-dealkylation sites (tertiary alicyclic amines) is 2. The van der Waals surface area contributed by atoms with Gasteiger partial charge >= 0.3 is 6.09 Å². The summed E-state index contributed by atoms with van der Waals surface area (Å²) in [5.41, 5.74) is 10.7. The first kappa shape index (κ1) is 89.3. The van der Waals surface area contributed by atoms with Gasteiger partial charge in [0.05, 0.1) is 76.8 Å². The van der Waals surface area contributed by atoms with Gasteiger partial charge in [0, 0.05) is 140 Å². The number of piperidine rings is 3. The van der Waals surface area contributed by atoms with E-state index in [0.717, 1.165) is 217 Å². The summed E-state index contributed by atoms with van der Waals surface area (Å²) in [6.07, 6.45) is 12.4. The van der Waals surface area contributed by atoms with Gasteiger partial charge in [-0.15, -0.1) is 0 Å². The molecule has 672 valence electrons. The number of methoxy groups -OCH3 is 6. The highest BCUT2D eigenvalue weighted by molar-refractivity contribution is 5.95. The van der Waals surface area contributed by atoms with E-state index in [4.69, 9.17) is 77.6 Å². The van der Waals surface area contributed by atoms with Gasteiger partial charge in [-0.1, -0.05) is 61.2 Å². The summed E-state index contributed by atoms with van der Waals surface area (Å²) in [6.45, 7) is 15.3. The van der Waals surface area contributed by atoms with E-state index in [1.165, 1.54) is 6.08 Å². The third-order valence-electron chi connectivity index (χ3n) is 23.3. The molecule has 27 heteroatoms. The van der Waals surface area contributed by atoms with Gasteiger partial charge in [0.25, 0.3) is 0 Å². The minimum absolute atomic E-state index is 0.0256. The largest absolute Gasteiger partial charge is 0.497 e. The van der Waals surface area contributed by atoms with E-state index >= 15 is 0 Å². The van der Waals surface area contributed by atoms with Crippen molar-refractivity contribution < 1.29 is 57.0 Å². The van der Waals surface area contributed by atoms with Crippen LogP contribution in [0.5, 0.6) is 69.0 Å². The molecule has 4 N–H and O–H groups in total. The molecular formula is C104H109N15O12. The maximum atomic E-state index is 13.0. The number of rotatable bonds is 28. The summed E-state index contributed by atoms with van der Waals surface area (Å²) < 4.78 is 62.7. The van der Waals surface area contributed by atoms with Gasteiger partial charge in [0.2, 0.25) is 5.91 Å². The van der Waals surface area contributed by atoms with Crippen molar-refractivity contribution in [1.82, 2.24) is 59.4 Å². The van der Waals surface area contributed by atoms with Crippen molar-refractivity contribution in [3.05, 3.63) is 302 Å². The minimum Gasteiger partial charge on any atom is -0.497 e. The van der Waals surface area contributed by atoms with E-state index in [1.807, 2.05) is 276 Å². The molecule has 6 aromatic heterocycles. The van der Waals surface area contributed by atoms with Crippen LogP contribution in [0.4, 0.5) is 22.2 Å². The molecular weight excluding hydrogens is 1650 g/mol. The quantitative estimate of drug-likeness (QED) is 0.0332. The van der Waals surface area contributed by atoms with Gasteiger partial charge in [-0.2, -0.15) is 15.3 Å². The lowest BCUT2D eigenvalue weighted by Crippen LogP contribution is -2.42. The Morgan fingerprint density at radius 3 is 1.06 bits per heavy atom. The van der Waals surface area contributed by atoms with E-state index in [1.54, 1.807) is 60.0 Å². The van der Waals surface area contributed by atoms with Crippen molar-refractivity contribution in [3.63, 3.8) is 0 Å². The van der Waals surface area contributed by atoms with Crippen LogP contribution >= 0.6 is 0 Å². The number of pyridine rings is 3. The van der Waals surface area contributed by atoms with E-state index < -0.39 is 5.60 Å². The van der Waals surface area contributed by atoms with Gasteiger partial charge in [-0.25, -0.2) is 33.8 Å². The number of fused-ring (bicyclic) bond motifs is 3. The second-order valence-electron chi connectivity index (χ2n) is 33.0. The molecule has 3 fully saturated rings. The van der Waals surface area contributed by atoms with E-state index in [9.17, 15) is 9.59 Å². The van der Waals surface area contributed by atoms with Crippen LogP contribution in [-0.2, 0) is 29.2 Å². The molecule has 3 saturated heterocycles. The van der Waals surface area contributed by atoms with E-state index in [0.29, 0.717) is 56.8 Å². The Bertz CT molecular complexity index is 6400. The molecule has 0 radical (unpaired) electrons. The normalized spacial score (nSPS) is 14.9. The van der Waals surface area contributed by atoms with Crippen LogP contribution in [0, 0.1) is 0 Å². The number of hydrogen-bond acceptors (Lipinski definition) is 22. The van der Waals surface area contributed by atoms with Crippen LogP contribution in [0.25, 0.3) is 49.8 Å². The van der Waals surface area contributed by atoms with Crippen molar-refractivity contribution in [3.8, 4) is 86.1 Å². The number of anilines is 3. The fourth-order valence-corrected chi connectivity index (χ4v) is 16.8. The molecule has 9 heterocycles. The molecule has 27 nitrogen and oxygen atoms in total. The Balaban J connectivity index is 0.000000144. The molecule has 18 rings (SSSR count). The third-order valence-corrected chi connectivity index (χ3v) is 23.3. The van der Waals surface area contributed by atoms with Crippen molar-refractivity contribution in [2.24, 2.45) is 0 Å². The molecule has 15 aromatic rings. The zero-order valence-electron chi connectivity index (χ0n) is 75.2. The number of carbonyl (C=O) groups is 2. The molecule has 9 aromatic carbocycles. The van der Waals surface area contributed by atoms with Gasteiger partial charge < -0.3 is 78.4 Å². The molecule has 131 heavy (non-hydrogen) atoms. The van der Waals surface area contributed by atoms with Crippen molar-refractivity contribution >= 4 is 62.2 Å². The summed E-state index contributed by atoms with van der Waals surface area (Å²) in [5, 5.41) is 32.8. The number of nitrogens with one attached hydrogen (secondary N) is 4. The highest BCUT2D eigenvalue weighted by atomic mass is 16.6. The maximum Gasteiger partial charge on any atom is 0.410 e. The van der Waals surface area contributed by atoms with Crippen molar-refractivity contribution in [1.29, 1.82) is 0 Å². The smallest absolute Gasteiger partial charge is 0.410 e. The predicted octanol–water partition coefficient (Wildman–Crippen LogP) is 21.0. The SMILES string of the molecule is C=CC(=O)N1CCCC(c2nn(-c3ccc(Oc4ccccc4)cc3)c3c(NCc4ccc(OC)cc4OC)nccc23)C1.COc1ccc(CNc2nccc3c(C4CCCN(C(=O)OC(C)(C)C)C4)nn(-c4ccc(Oc5ccccc5)cc4)c23)c(OC)c1.COc1ccc(CNc2nccc3c(C4CCCNC4)nn(-c4ccc(Oc5ccccc5)cc4)c23)c(OC)c1. The van der Waals surface area contributed by atoms with Crippen LogP contribution < -0.4 is 63.9 Å². The van der Waals surface area contributed by atoms with Crippen molar-refractivity contribution in [2.45, 2.75) is 102 Å². The van der Waals surface area contributed by atoms with Crippen LogP contribution in [0.2, 0.25) is 0 Å². The molecule has 0 spiro atoms. The zero-order chi connectivity index (χ0) is 90.7. The first-order valence-corrected chi connectivity index (χ1v) is 44.1. The highest BCUT2D eigenvalue weighted by Gasteiger charge is 2.34. The first-order valence-electron chi connectivity index (χ1n) is 44.1. The number of benzene rings is 9. The molecule has 3 unspecified atom stereocenters.